The van der Waals surface area contributed by atoms with Gasteiger partial charge in [0.25, 0.3) is 0 Å². The zero-order valence-electron chi connectivity index (χ0n) is 12.5. The maximum absolute atomic E-state index is 10.7. The van der Waals surface area contributed by atoms with Crippen LogP contribution in [0.1, 0.15) is 17.5 Å². The molecule has 1 aliphatic heterocycles. The van der Waals surface area contributed by atoms with E-state index >= 15 is 0 Å². The van der Waals surface area contributed by atoms with Crippen LogP contribution in [0.3, 0.4) is 0 Å². The van der Waals surface area contributed by atoms with Crippen LogP contribution < -0.4 is 4.74 Å². The van der Waals surface area contributed by atoms with E-state index in [1.54, 1.807) is 7.11 Å². The summed E-state index contributed by atoms with van der Waals surface area (Å²) in [7, 11) is 3.84. The third kappa shape index (κ3) is 1.58. The van der Waals surface area contributed by atoms with Gasteiger partial charge in [0.15, 0.2) is 11.5 Å². The summed E-state index contributed by atoms with van der Waals surface area (Å²) in [6, 6.07) is 4.54. The fourth-order valence-corrected chi connectivity index (χ4v) is 4.57. The van der Waals surface area contributed by atoms with Crippen molar-refractivity contribution in [3.05, 3.63) is 47.6 Å². The molecule has 2 bridgehead atoms. The molecule has 3 nitrogen and oxygen atoms in total. The Kier molecular flexibility index (Phi) is 2.70. The van der Waals surface area contributed by atoms with E-state index in [-0.39, 0.29) is 5.41 Å². The van der Waals surface area contributed by atoms with Crippen molar-refractivity contribution in [2.75, 3.05) is 20.7 Å². The van der Waals surface area contributed by atoms with Crippen LogP contribution in [0.25, 0.3) is 0 Å². The van der Waals surface area contributed by atoms with Crippen LogP contribution in [-0.2, 0) is 11.8 Å². The number of likely N-dealkylation sites (tertiary alicyclic amines) is 1. The van der Waals surface area contributed by atoms with Crippen LogP contribution >= 0.6 is 0 Å². The third-order valence-electron chi connectivity index (χ3n) is 5.62. The maximum Gasteiger partial charge on any atom is 0.162 e. The Labute approximate surface area is 125 Å². The maximum atomic E-state index is 10.7. The predicted molar refractivity (Wildman–Crippen MR) is 82.8 cm³/mol. The molecule has 0 spiro atoms. The lowest BCUT2D eigenvalue weighted by Crippen LogP contribution is -2.57. The first-order chi connectivity index (χ1) is 10.2. The van der Waals surface area contributed by atoms with E-state index in [0.717, 1.165) is 24.9 Å². The average molecular weight is 283 g/mol. The van der Waals surface area contributed by atoms with Gasteiger partial charge >= 0.3 is 0 Å². The number of phenolic OH excluding ortho intramolecular Hbond substituents is 1. The molecule has 3 aliphatic rings. The molecule has 4 rings (SSSR count). The van der Waals surface area contributed by atoms with Gasteiger partial charge in [0.05, 0.1) is 7.11 Å². The van der Waals surface area contributed by atoms with E-state index in [1.807, 2.05) is 6.07 Å². The number of hydrogen-bond donors (Lipinski definition) is 1. The highest BCUT2D eigenvalue weighted by atomic mass is 16.5. The van der Waals surface area contributed by atoms with Crippen LogP contribution in [0.2, 0.25) is 0 Å². The zero-order chi connectivity index (χ0) is 14.6. The van der Waals surface area contributed by atoms with E-state index in [0.29, 0.717) is 23.5 Å². The van der Waals surface area contributed by atoms with Crippen molar-refractivity contribution in [3.63, 3.8) is 0 Å². The quantitative estimate of drug-likeness (QED) is 0.860. The lowest BCUT2D eigenvalue weighted by molar-refractivity contribution is 0.0780. The first kappa shape index (κ1) is 13.0. The number of benzene rings is 1. The zero-order valence-corrected chi connectivity index (χ0v) is 12.5. The second kappa shape index (κ2) is 4.38. The highest BCUT2D eigenvalue weighted by molar-refractivity contribution is 5.59. The van der Waals surface area contributed by atoms with Gasteiger partial charge in [-0.25, -0.2) is 0 Å². The second-order valence-electron chi connectivity index (χ2n) is 6.46. The van der Waals surface area contributed by atoms with Crippen molar-refractivity contribution < 1.29 is 9.84 Å². The first-order valence-electron chi connectivity index (χ1n) is 7.63. The van der Waals surface area contributed by atoms with Gasteiger partial charge in [0, 0.05) is 22.9 Å². The molecule has 0 unspecified atom stereocenters. The molecule has 2 aliphatic carbocycles. The third-order valence-corrected chi connectivity index (χ3v) is 5.62. The lowest BCUT2D eigenvalue weighted by Gasteiger charge is -2.55. The Morgan fingerprint density at radius 2 is 2.19 bits per heavy atom. The summed E-state index contributed by atoms with van der Waals surface area (Å²) in [6.07, 6.45) is 10.9. The standard InChI is InChI=1S/C18H21NO2/c1-19-10-9-18-8-4-3-5-13(18)14(19)11-12-6-7-15(21-2)17(20)16(12)18/h3-8,13-14,20H,9-11H2,1-2H3/t13-,14+,18+/m0/s1. The Bertz CT molecular complexity index is 649. The minimum Gasteiger partial charge on any atom is -0.504 e. The van der Waals surface area contributed by atoms with Gasteiger partial charge in [-0.2, -0.15) is 0 Å². The van der Waals surface area contributed by atoms with Crippen molar-refractivity contribution in [2.45, 2.75) is 24.3 Å². The molecule has 0 amide bonds. The van der Waals surface area contributed by atoms with Gasteiger partial charge < -0.3 is 14.7 Å². The van der Waals surface area contributed by atoms with Gasteiger partial charge in [-0.05, 0) is 38.1 Å². The minimum absolute atomic E-state index is 0.0713. The van der Waals surface area contributed by atoms with E-state index in [9.17, 15) is 5.11 Å². The summed E-state index contributed by atoms with van der Waals surface area (Å²) in [4.78, 5) is 2.47. The molecule has 21 heavy (non-hydrogen) atoms. The highest BCUT2D eigenvalue weighted by Gasteiger charge is 2.52. The number of fused-ring (bicyclic) bond motifs is 1. The predicted octanol–water partition coefficient (Wildman–Crippen LogP) is 2.64. The summed E-state index contributed by atoms with van der Waals surface area (Å²) < 4.78 is 5.34. The highest BCUT2D eigenvalue weighted by Crippen LogP contribution is 2.55. The molecule has 0 radical (unpaired) electrons. The van der Waals surface area contributed by atoms with Crippen molar-refractivity contribution in [1.29, 1.82) is 0 Å². The summed E-state index contributed by atoms with van der Waals surface area (Å²) in [5.41, 5.74) is 2.29. The number of allylic oxidation sites excluding steroid dienone is 3. The molecule has 0 saturated carbocycles. The van der Waals surface area contributed by atoms with Gasteiger partial charge in [-0.15, -0.1) is 0 Å². The number of nitrogens with zero attached hydrogens (tertiary/aromatic N) is 1. The van der Waals surface area contributed by atoms with Crippen molar-refractivity contribution in [1.82, 2.24) is 4.90 Å². The molecule has 110 valence electrons. The summed E-state index contributed by atoms with van der Waals surface area (Å²) in [5, 5.41) is 10.7. The largest absolute Gasteiger partial charge is 0.504 e. The van der Waals surface area contributed by atoms with Crippen molar-refractivity contribution >= 4 is 0 Å². The molecule has 1 N–H and O–H groups in total. The fraction of sp³-hybridized carbons (Fsp3) is 0.444. The van der Waals surface area contributed by atoms with Crippen molar-refractivity contribution in [2.24, 2.45) is 5.92 Å². The minimum atomic E-state index is -0.0713. The number of ether oxygens (including phenoxy) is 1. The number of hydrogen-bond acceptors (Lipinski definition) is 3. The smallest absolute Gasteiger partial charge is 0.162 e. The average Bonchev–Trinajstić information content (AvgIpc) is 2.51. The molecular weight excluding hydrogens is 262 g/mol. The SMILES string of the molecule is COc1ccc2c(c1O)[C@@]13C=CC=C[C@H]1[C@@H](C2)N(C)CC3. The number of aromatic hydroxyl groups is 1. The number of rotatable bonds is 1. The monoisotopic (exact) mass is 283 g/mol. The van der Waals surface area contributed by atoms with E-state index in [2.05, 4.69) is 42.3 Å². The molecule has 3 heteroatoms. The second-order valence-corrected chi connectivity index (χ2v) is 6.46. The van der Waals surface area contributed by atoms with E-state index < -0.39 is 0 Å². The number of phenols is 1. The molecule has 1 aromatic carbocycles. The van der Waals surface area contributed by atoms with E-state index in [1.165, 1.54) is 5.56 Å². The van der Waals surface area contributed by atoms with Gasteiger partial charge in [0.1, 0.15) is 0 Å². The molecule has 0 aromatic heterocycles. The van der Waals surface area contributed by atoms with Crippen molar-refractivity contribution in [3.8, 4) is 11.5 Å². The van der Waals surface area contributed by atoms with Crippen LogP contribution in [0.4, 0.5) is 0 Å². The Morgan fingerprint density at radius 1 is 1.33 bits per heavy atom. The lowest BCUT2D eigenvalue weighted by atomic mass is 9.56. The van der Waals surface area contributed by atoms with E-state index in [4.69, 9.17) is 4.74 Å². The topological polar surface area (TPSA) is 32.7 Å². The van der Waals surface area contributed by atoms with Gasteiger partial charge in [0.2, 0.25) is 0 Å². The summed E-state index contributed by atoms with van der Waals surface area (Å²) in [6.45, 7) is 1.06. The Hall–Kier alpha value is -1.74. The molecule has 1 saturated heterocycles. The molecule has 3 atom stereocenters. The number of piperidine rings is 1. The van der Waals surface area contributed by atoms with Gasteiger partial charge in [-0.3, -0.25) is 0 Å². The van der Waals surface area contributed by atoms with Crippen LogP contribution in [-0.4, -0.2) is 36.8 Å². The number of likely N-dealkylation sites (N-methyl/N-ethyl adjacent to an activating group) is 1. The molecule has 1 fully saturated rings. The molecule has 1 heterocycles. The summed E-state index contributed by atoms with van der Waals surface area (Å²) >= 11 is 0. The normalized spacial score (nSPS) is 33.4. The fourth-order valence-electron chi connectivity index (χ4n) is 4.57. The number of methoxy groups -OCH3 is 1. The van der Waals surface area contributed by atoms with Crippen LogP contribution in [0.15, 0.2) is 36.4 Å². The van der Waals surface area contributed by atoms with Crippen LogP contribution in [0.5, 0.6) is 11.5 Å². The van der Waals surface area contributed by atoms with Crippen LogP contribution in [0, 0.1) is 5.92 Å². The Balaban J connectivity index is 1.98. The molecule has 1 aromatic rings. The first-order valence-corrected chi connectivity index (χ1v) is 7.63. The van der Waals surface area contributed by atoms with Gasteiger partial charge in [-0.1, -0.05) is 30.4 Å². The Morgan fingerprint density at radius 3 is 3.00 bits per heavy atom. The summed E-state index contributed by atoms with van der Waals surface area (Å²) in [5.74, 6) is 1.36. The molecular formula is C18H21NO2.